The maximum atomic E-state index is 12.5. The fourth-order valence-corrected chi connectivity index (χ4v) is 3.01. The highest BCUT2D eigenvalue weighted by atomic mass is 16.1. The Kier molecular flexibility index (Phi) is 6.68. The molecule has 0 unspecified atom stereocenters. The van der Waals surface area contributed by atoms with E-state index in [4.69, 9.17) is 0 Å². The summed E-state index contributed by atoms with van der Waals surface area (Å²) < 4.78 is 0. The molecule has 1 aromatic heterocycles. The number of hydrogen-bond acceptors (Lipinski definition) is 3. The molecule has 3 rings (SSSR count). The number of hydrogen-bond donors (Lipinski definition) is 0. The first-order chi connectivity index (χ1) is 12.8. The number of carbonyl (C=O) groups excluding carboxylic acids is 1. The number of aryl methyl sites for hydroxylation is 1. The van der Waals surface area contributed by atoms with E-state index in [-0.39, 0.29) is 5.78 Å². The van der Waals surface area contributed by atoms with Crippen molar-refractivity contribution in [2.24, 2.45) is 0 Å². The summed E-state index contributed by atoms with van der Waals surface area (Å²) in [6.07, 6.45) is 4.88. The van der Waals surface area contributed by atoms with E-state index in [0.29, 0.717) is 13.0 Å². The Balaban J connectivity index is 1.61. The van der Waals surface area contributed by atoms with Gasteiger partial charge in [-0.05, 0) is 35.2 Å². The Morgan fingerprint density at radius 3 is 1.81 bits per heavy atom. The number of rotatable bonds is 9. The van der Waals surface area contributed by atoms with E-state index >= 15 is 0 Å². The van der Waals surface area contributed by atoms with Crippen LogP contribution >= 0.6 is 0 Å². The second-order valence-corrected chi connectivity index (χ2v) is 6.51. The van der Waals surface area contributed by atoms with E-state index in [0.717, 1.165) is 25.1 Å². The first-order valence-corrected chi connectivity index (χ1v) is 9.00. The Morgan fingerprint density at radius 1 is 0.731 bits per heavy atom. The third kappa shape index (κ3) is 5.94. The minimum atomic E-state index is 0.272. The predicted molar refractivity (Wildman–Crippen MR) is 105 cm³/mol. The van der Waals surface area contributed by atoms with Crippen LogP contribution in [0.25, 0.3) is 0 Å². The lowest BCUT2D eigenvalue weighted by Crippen LogP contribution is -2.29. The van der Waals surface area contributed by atoms with Gasteiger partial charge in [-0.2, -0.15) is 0 Å². The van der Waals surface area contributed by atoms with Crippen molar-refractivity contribution in [3.63, 3.8) is 0 Å². The standard InChI is InChI=1S/C23H24N2O/c26-23(12-11-20-13-15-24-16-14-20)19-25(17-21-7-3-1-4-8-21)18-22-9-5-2-6-10-22/h1-10,13-16H,11-12,17-19H2. The van der Waals surface area contributed by atoms with Crippen molar-refractivity contribution in [2.75, 3.05) is 6.54 Å². The maximum Gasteiger partial charge on any atom is 0.147 e. The molecule has 0 bridgehead atoms. The van der Waals surface area contributed by atoms with Crippen molar-refractivity contribution in [2.45, 2.75) is 25.9 Å². The predicted octanol–water partition coefficient (Wildman–Crippen LogP) is 4.29. The molecule has 1 heterocycles. The van der Waals surface area contributed by atoms with Gasteiger partial charge in [0.15, 0.2) is 0 Å². The number of aromatic nitrogens is 1. The summed E-state index contributed by atoms with van der Waals surface area (Å²) in [5, 5.41) is 0. The fraction of sp³-hybridized carbons (Fsp3) is 0.217. The maximum absolute atomic E-state index is 12.5. The highest BCUT2D eigenvalue weighted by Crippen LogP contribution is 2.11. The summed E-state index contributed by atoms with van der Waals surface area (Å²) in [6, 6.07) is 24.6. The zero-order valence-corrected chi connectivity index (χ0v) is 14.9. The Morgan fingerprint density at radius 2 is 1.27 bits per heavy atom. The summed E-state index contributed by atoms with van der Waals surface area (Å²) >= 11 is 0. The van der Waals surface area contributed by atoms with Gasteiger partial charge >= 0.3 is 0 Å². The van der Waals surface area contributed by atoms with Crippen LogP contribution in [-0.4, -0.2) is 22.2 Å². The molecule has 26 heavy (non-hydrogen) atoms. The van der Waals surface area contributed by atoms with Crippen molar-refractivity contribution in [3.05, 3.63) is 102 Å². The van der Waals surface area contributed by atoms with Crippen molar-refractivity contribution in [1.82, 2.24) is 9.88 Å². The van der Waals surface area contributed by atoms with E-state index in [2.05, 4.69) is 34.1 Å². The molecule has 2 aromatic carbocycles. The van der Waals surface area contributed by atoms with E-state index in [1.807, 2.05) is 48.5 Å². The Bertz CT molecular complexity index is 747. The third-order valence-electron chi connectivity index (χ3n) is 4.34. The Labute approximate surface area is 155 Å². The summed E-state index contributed by atoms with van der Waals surface area (Å²) in [5.74, 6) is 0.272. The molecule has 0 aliphatic carbocycles. The van der Waals surface area contributed by atoms with Gasteiger partial charge in [0.25, 0.3) is 0 Å². The molecule has 132 valence electrons. The zero-order valence-electron chi connectivity index (χ0n) is 14.9. The summed E-state index contributed by atoms with van der Waals surface area (Å²) in [6.45, 7) is 2.02. The van der Waals surface area contributed by atoms with Gasteiger partial charge in [-0.1, -0.05) is 60.7 Å². The fourth-order valence-electron chi connectivity index (χ4n) is 3.01. The molecule has 0 radical (unpaired) electrons. The molecule has 0 aliphatic heterocycles. The lowest BCUT2D eigenvalue weighted by Gasteiger charge is -2.22. The second-order valence-electron chi connectivity index (χ2n) is 6.51. The van der Waals surface area contributed by atoms with Gasteiger partial charge in [0.05, 0.1) is 6.54 Å². The van der Waals surface area contributed by atoms with Crippen LogP contribution in [0.4, 0.5) is 0 Å². The lowest BCUT2D eigenvalue weighted by molar-refractivity contribution is -0.120. The number of Topliss-reactive ketones (excluding diaryl/α,β-unsaturated/α-hetero) is 1. The van der Waals surface area contributed by atoms with E-state index < -0.39 is 0 Å². The average molecular weight is 344 g/mol. The molecule has 0 atom stereocenters. The molecule has 3 nitrogen and oxygen atoms in total. The van der Waals surface area contributed by atoms with Gasteiger partial charge in [-0.3, -0.25) is 14.7 Å². The molecule has 3 aromatic rings. The van der Waals surface area contributed by atoms with Crippen LogP contribution in [0.5, 0.6) is 0 Å². The number of benzene rings is 2. The monoisotopic (exact) mass is 344 g/mol. The lowest BCUT2D eigenvalue weighted by atomic mass is 10.1. The molecule has 0 N–H and O–H groups in total. The molecular weight excluding hydrogens is 320 g/mol. The molecule has 3 heteroatoms. The van der Waals surface area contributed by atoms with Gasteiger partial charge in [0, 0.05) is 31.9 Å². The Hall–Kier alpha value is -2.78. The molecule has 0 aliphatic rings. The minimum Gasteiger partial charge on any atom is -0.298 e. The summed E-state index contributed by atoms with van der Waals surface area (Å²) in [4.78, 5) is 18.8. The van der Waals surface area contributed by atoms with E-state index in [1.54, 1.807) is 12.4 Å². The van der Waals surface area contributed by atoms with Crippen molar-refractivity contribution < 1.29 is 4.79 Å². The number of nitrogens with zero attached hydrogens (tertiary/aromatic N) is 2. The first-order valence-electron chi connectivity index (χ1n) is 9.00. The van der Waals surface area contributed by atoms with Crippen molar-refractivity contribution in [1.29, 1.82) is 0 Å². The SMILES string of the molecule is O=C(CCc1ccncc1)CN(Cc1ccccc1)Cc1ccccc1. The van der Waals surface area contributed by atoms with Crippen LogP contribution in [0.1, 0.15) is 23.1 Å². The van der Waals surface area contributed by atoms with Crippen molar-refractivity contribution in [3.8, 4) is 0 Å². The number of pyridine rings is 1. The van der Waals surface area contributed by atoms with Gasteiger partial charge in [0.1, 0.15) is 5.78 Å². The number of carbonyl (C=O) groups is 1. The van der Waals surface area contributed by atoms with Gasteiger partial charge < -0.3 is 0 Å². The zero-order chi connectivity index (χ0) is 18.0. The molecule has 0 spiro atoms. The highest BCUT2D eigenvalue weighted by Gasteiger charge is 2.12. The van der Waals surface area contributed by atoms with E-state index in [1.165, 1.54) is 11.1 Å². The smallest absolute Gasteiger partial charge is 0.147 e. The molecular formula is C23H24N2O. The average Bonchev–Trinajstić information content (AvgIpc) is 2.69. The summed E-state index contributed by atoms with van der Waals surface area (Å²) in [5.41, 5.74) is 3.61. The first kappa shape index (κ1) is 18.0. The second kappa shape index (κ2) is 9.64. The quantitative estimate of drug-likeness (QED) is 0.581. The topological polar surface area (TPSA) is 33.2 Å². The third-order valence-corrected chi connectivity index (χ3v) is 4.34. The van der Waals surface area contributed by atoms with Gasteiger partial charge in [0.2, 0.25) is 0 Å². The minimum absolute atomic E-state index is 0.272. The normalized spacial score (nSPS) is 10.8. The molecule has 0 amide bonds. The van der Waals surface area contributed by atoms with Crippen LogP contribution < -0.4 is 0 Å². The van der Waals surface area contributed by atoms with Gasteiger partial charge in [-0.15, -0.1) is 0 Å². The molecule has 0 saturated heterocycles. The van der Waals surface area contributed by atoms with Crippen molar-refractivity contribution >= 4 is 5.78 Å². The van der Waals surface area contributed by atoms with Crippen LogP contribution in [0.2, 0.25) is 0 Å². The van der Waals surface area contributed by atoms with Crippen LogP contribution in [0, 0.1) is 0 Å². The van der Waals surface area contributed by atoms with Crippen LogP contribution in [-0.2, 0) is 24.3 Å². The van der Waals surface area contributed by atoms with Gasteiger partial charge in [-0.25, -0.2) is 0 Å². The van der Waals surface area contributed by atoms with E-state index in [9.17, 15) is 4.79 Å². The summed E-state index contributed by atoms with van der Waals surface area (Å²) in [7, 11) is 0. The molecule has 0 fully saturated rings. The van der Waals surface area contributed by atoms with Crippen LogP contribution in [0.3, 0.4) is 0 Å². The number of ketones is 1. The highest BCUT2D eigenvalue weighted by molar-refractivity contribution is 5.80. The van der Waals surface area contributed by atoms with Crippen LogP contribution in [0.15, 0.2) is 85.2 Å². The molecule has 0 saturated carbocycles. The largest absolute Gasteiger partial charge is 0.298 e.